The van der Waals surface area contributed by atoms with E-state index < -0.39 is 28.5 Å². The molecule has 0 aromatic heterocycles. The van der Waals surface area contributed by atoms with E-state index in [4.69, 9.17) is 32.7 Å². The highest BCUT2D eigenvalue weighted by atomic mass is 35.5. The van der Waals surface area contributed by atoms with Crippen molar-refractivity contribution in [1.82, 2.24) is 10.2 Å². The average molecular weight is 575 g/mol. The van der Waals surface area contributed by atoms with Crippen LogP contribution in [0.4, 0.5) is 5.69 Å². The van der Waals surface area contributed by atoms with E-state index in [1.54, 1.807) is 25.1 Å². The Morgan fingerprint density at radius 3 is 2.22 bits per heavy atom. The summed E-state index contributed by atoms with van der Waals surface area (Å²) in [5.74, 6) is -0.268. The number of rotatable bonds is 12. The molecule has 1 N–H and O–H groups in total. The van der Waals surface area contributed by atoms with Crippen molar-refractivity contribution in [3.05, 3.63) is 52.0 Å². The second-order valence-corrected chi connectivity index (χ2v) is 11.3. The second-order valence-electron chi connectivity index (χ2n) is 8.56. The molecule has 204 valence electrons. The summed E-state index contributed by atoms with van der Waals surface area (Å²) >= 11 is 12.4. The Morgan fingerprint density at radius 1 is 1.03 bits per heavy atom. The predicted octanol–water partition coefficient (Wildman–Crippen LogP) is 4.11. The van der Waals surface area contributed by atoms with Gasteiger partial charge >= 0.3 is 0 Å². The van der Waals surface area contributed by atoms with E-state index in [2.05, 4.69) is 5.32 Å². The van der Waals surface area contributed by atoms with Gasteiger partial charge in [0.1, 0.15) is 12.6 Å². The van der Waals surface area contributed by atoms with Crippen LogP contribution in [0.25, 0.3) is 0 Å². The third-order valence-corrected chi connectivity index (χ3v) is 7.59. The first-order valence-electron chi connectivity index (χ1n) is 11.6. The third kappa shape index (κ3) is 8.15. The van der Waals surface area contributed by atoms with Crippen molar-refractivity contribution in [3.8, 4) is 11.5 Å². The van der Waals surface area contributed by atoms with Crippen LogP contribution in [0.3, 0.4) is 0 Å². The molecule has 0 fully saturated rings. The Morgan fingerprint density at radius 2 is 1.68 bits per heavy atom. The molecule has 0 aliphatic heterocycles. The maximum atomic E-state index is 13.6. The summed E-state index contributed by atoms with van der Waals surface area (Å²) in [4.78, 5) is 27.9. The monoisotopic (exact) mass is 573 g/mol. The van der Waals surface area contributed by atoms with Gasteiger partial charge in [-0.3, -0.25) is 13.9 Å². The summed E-state index contributed by atoms with van der Waals surface area (Å²) in [7, 11) is -1.02. The number of nitrogens with one attached hydrogen (secondary N) is 1. The molecule has 2 aromatic rings. The zero-order valence-corrected chi connectivity index (χ0v) is 24.1. The van der Waals surface area contributed by atoms with Gasteiger partial charge in [-0.25, -0.2) is 8.42 Å². The molecule has 0 radical (unpaired) electrons. The van der Waals surface area contributed by atoms with E-state index in [1.807, 2.05) is 13.8 Å². The summed E-state index contributed by atoms with van der Waals surface area (Å²) in [6.07, 6.45) is 1.70. The lowest BCUT2D eigenvalue weighted by molar-refractivity contribution is -0.139. The number of carbonyl (C=O) groups is 2. The van der Waals surface area contributed by atoms with E-state index >= 15 is 0 Å². The van der Waals surface area contributed by atoms with Crippen LogP contribution in [0.2, 0.25) is 10.0 Å². The van der Waals surface area contributed by atoms with Gasteiger partial charge in [0.2, 0.25) is 21.8 Å². The molecule has 2 atom stereocenters. The highest BCUT2D eigenvalue weighted by Gasteiger charge is 2.31. The molecule has 2 aromatic carbocycles. The van der Waals surface area contributed by atoms with Crippen LogP contribution in [-0.4, -0.2) is 64.2 Å². The molecule has 2 rings (SSSR count). The fraction of sp³-hybridized carbons (Fsp3) is 0.440. The third-order valence-electron chi connectivity index (χ3n) is 5.86. The maximum Gasteiger partial charge on any atom is 0.244 e. The van der Waals surface area contributed by atoms with Gasteiger partial charge in [-0.05, 0) is 50.1 Å². The van der Waals surface area contributed by atoms with Gasteiger partial charge in [-0.2, -0.15) is 0 Å². The van der Waals surface area contributed by atoms with Crippen molar-refractivity contribution in [1.29, 1.82) is 0 Å². The van der Waals surface area contributed by atoms with E-state index in [1.165, 1.54) is 37.3 Å². The molecule has 12 heteroatoms. The average Bonchev–Trinajstić information content (AvgIpc) is 2.84. The van der Waals surface area contributed by atoms with E-state index in [0.717, 1.165) is 10.6 Å². The number of ether oxygens (including phenoxy) is 2. The number of halogens is 2. The predicted molar refractivity (Wildman–Crippen MR) is 146 cm³/mol. The number of anilines is 1. The van der Waals surface area contributed by atoms with Crippen LogP contribution in [0, 0.1) is 0 Å². The summed E-state index contributed by atoms with van der Waals surface area (Å²) < 4.78 is 37.0. The van der Waals surface area contributed by atoms with Crippen LogP contribution in [0.5, 0.6) is 11.5 Å². The molecule has 0 aliphatic rings. The van der Waals surface area contributed by atoms with Gasteiger partial charge in [0.25, 0.3) is 0 Å². The number of amides is 2. The van der Waals surface area contributed by atoms with Gasteiger partial charge in [0, 0.05) is 28.7 Å². The molecule has 37 heavy (non-hydrogen) atoms. The molecule has 0 saturated heterocycles. The highest BCUT2D eigenvalue weighted by Crippen LogP contribution is 2.32. The highest BCUT2D eigenvalue weighted by molar-refractivity contribution is 7.92. The fourth-order valence-electron chi connectivity index (χ4n) is 3.48. The first kappa shape index (κ1) is 30.5. The molecule has 0 heterocycles. The smallest absolute Gasteiger partial charge is 0.244 e. The molecule has 0 bridgehead atoms. The molecule has 0 unspecified atom stereocenters. The van der Waals surface area contributed by atoms with Gasteiger partial charge in [0.05, 0.1) is 26.2 Å². The lowest BCUT2D eigenvalue weighted by Gasteiger charge is -2.32. The van der Waals surface area contributed by atoms with Crippen molar-refractivity contribution in [2.45, 2.75) is 45.8 Å². The van der Waals surface area contributed by atoms with Crippen LogP contribution in [0.15, 0.2) is 36.4 Å². The summed E-state index contributed by atoms with van der Waals surface area (Å²) in [6, 6.07) is 8.32. The van der Waals surface area contributed by atoms with Gasteiger partial charge in [-0.15, -0.1) is 0 Å². The van der Waals surface area contributed by atoms with E-state index in [0.29, 0.717) is 33.5 Å². The lowest BCUT2D eigenvalue weighted by Crippen LogP contribution is -2.52. The zero-order chi connectivity index (χ0) is 27.9. The van der Waals surface area contributed by atoms with Gasteiger partial charge < -0.3 is 19.7 Å². The summed E-state index contributed by atoms with van der Waals surface area (Å²) in [5.41, 5.74) is 0.759. The minimum Gasteiger partial charge on any atom is -0.493 e. The SMILES string of the molecule is CC[C@@H](C)NC(=O)[C@@H](C)N(Cc1ccc(Cl)cc1Cl)C(=O)CN(c1ccc(OC)c(OC)c1)S(C)(=O)=O. The fourth-order valence-corrected chi connectivity index (χ4v) is 4.79. The molecule has 9 nitrogen and oxygen atoms in total. The first-order valence-corrected chi connectivity index (χ1v) is 14.2. The Hall–Kier alpha value is -2.69. The maximum absolute atomic E-state index is 13.6. The van der Waals surface area contributed by atoms with E-state index in [9.17, 15) is 18.0 Å². The number of nitrogens with zero attached hydrogens (tertiary/aromatic N) is 2. The molecule has 0 aliphatic carbocycles. The Balaban J connectivity index is 2.47. The minimum absolute atomic E-state index is 0.0343. The Bertz CT molecular complexity index is 1220. The molecular weight excluding hydrogens is 541 g/mol. The van der Waals surface area contributed by atoms with Crippen LogP contribution in [0.1, 0.15) is 32.8 Å². The zero-order valence-electron chi connectivity index (χ0n) is 21.7. The second kappa shape index (κ2) is 13.2. The van der Waals surface area contributed by atoms with Gasteiger partial charge in [-0.1, -0.05) is 36.2 Å². The number of hydrogen-bond donors (Lipinski definition) is 1. The molecule has 2 amide bonds. The molecule has 0 saturated carbocycles. The van der Waals surface area contributed by atoms with Crippen LogP contribution < -0.4 is 19.1 Å². The minimum atomic E-state index is -3.90. The number of methoxy groups -OCH3 is 2. The number of benzene rings is 2. The Kier molecular flexibility index (Phi) is 10.9. The largest absolute Gasteiger partial charge is 0.493 e. The van der Waals surface area contributed by atoms with Gasteiger partial charge in [0.15, 0.2) is 11.5 Å². The number of sulfonamides is 1. The van der Waals surface area contributed by atoms with Crippen molar-refractivity contribution < 1.29 is 27.5 Å². The normalized spacial score (nSPS) is 12.9. The number of carbonyl (C=O) groups excluding carboxylic acids is 2. The first-order chi connectivity index (χ1) is 17.3. The summed E-state index contributed by atoms with van der Waals surface area (Å²) in [5, 5.41) is 3.61. The topological polar surface area (TPSA) is 105 Å². The van der Waals surface area contributed by atoms with Crippen molar-refractivity contribution >= 4 is 50.7 Å². The number of hydrogen-bond acceptors (Lipinski definition) is 6. The lowest BCUT2D eigenvalue weighted by atomic mass is 10.1. The van der Waals surface area contributed by atoms with E-state index in [-0.39, 0.29) is 24.2 Å². The standard InChI is InChI=1S/C25H33Cl2N3O6S/c1-7-16(2)28-25(32)17(3)29(14-18-8-9-19(26)12-21(18)27)24(31)15-30(37(6,33)34)20-10-11-22(35-4)23(13-20)36-5/h8-13,16-17H,7,14-15H2,1-6H3,(H,28,32)/t16-,17-/m1/s1. The Labute approximate surface area is 228 Å². The summed E-state index contributed by atoms with van der Waals surface area (Å²) in [6.45, 7) is 4.78. The van der Waals surface area contributed by atoms with Crippen LogP contribution >= 0.6 is 23.2 Å². The van der Waals surface area contributed by atoms with Crippen molar-refractivity contribution in [2.75, 3.05) is 31.3 Å². The quantitative estimate of drug-likeness (QED) is 0.409. The van der Waals surface area contributed by atoms with Crippen molar-refractivity contribution in [2.24, 2.45) is 0 Å². The molecule has 0 spiro atoms. The molecular formula is C25H33Cl2N3O6S. The van der Waals surface area contributed by atoms with Crippen molar-refractivity contribution in [3.63, 3.8) is 0 Å². The van der Waals surface area contributed by atoms with Crippen LogP contribution in [-0.2, 0) is 26.2 Å².